The van der Waals surface area contributed by atoms with Gasteiger partial charge in [-0.15, -0.1) is 12.4 Å². The van der Waals surface area contributed by atoms with Crippen LogP contribution in [0.4, 0.5) is 5.69 Å². The molecule has 1 aromatic heterocycles. The smallest absolute Gasteiger partial charge is 0.408 e. The summed E-state index contributed by atoms with van der Waals surface area (Å²) in [4.78, 5) is 23.8. The van der Waals surface area contributed by atoms with E-state index >= 15 is 0 Å². The van der Waals surface area contributed by atoms with Crippen molar-refractivity contribution < 1.29 is 9.21 Å². The number of carbonyl (C=O) groups is 1. The summed E-state index contributed by atoms with van der Waals surface area (Å²) in [7, 11) is 1.66. The minimum Gasteiger partial charge on any atom is -0.408 e. The van der Waals surface area contributed by atoms with Crippen molar-refractivity contribution in [2.24, 2.45) is 13.0 Å². The zero-order valence-electron chi connectivity index (χ0n) is 13.6. The summed E-state index contributed by atoms with van der Waals surface area (Å²) in [5, 5.41) is 6.52. The predicted octanol–water partition coefficient (Wildman–Crippen LogP) is 2.41. The number of oxazole rings is 1. The van der Waals surface area contributed by atoms with Gasteiger partial charge in [0, 0.05) is 37.3 Å². The lowest BCUT2D eigenvalue weighted by Gasteiger charge is -2.28. The van der Waals surface area contributed by atoms with Gasteiger partial charge in [0.25, 0.3) is 0 Å². The molecule has 2 aromatic rings. The number of anilines is 1. The Balaban J connectivity index is 0.00000169. The first-order chi connectivity index (χ1) is 11.1. The van der Waals surface area contributed by atoms with Gasteiger partial charge in [-0.25, -0.2) is 4.79 Å². The van der Waals surface area contributed by atoms with Crippen LogP contribution in [0.25, 0.3) is 11.1 Å². The van der Waals surface area contributed by atoms with Gasteiger partial charge >= 0.3 is 5.76 Å². The van der Waals surface area contributed by atoms with Crippen LogP contribution in [0.1, 0.15) is 32.1 Å². The molecule has 24 heavy (non-hydrogen) atoms. The number of aromatic nitrogens is 1. The van der Waals surface area contributed by atoms with E-state index in [0.29, 0.717) is 35.7 Å². The second-order valence-electron chi connectivity index (χ2n) is 6.84. The van der Waals surface area contributed by atoms with Gasteiger partial charge in [-0.2, -0.15) is 0 Å². The molecule has 2 atom stereocenters. The van der Waals surface area contributed by atoms with E-state index in [-0.39, 0.29) is 18.3 Å². The van der Waals surface area contributed by atoms with Crippen molar-refractivity contribution in [1.82, 2.24) is 9.88 Å². The highest BCUT2D eigenvalue weighted by Gasteiger charge is 2.34. The van der Waals surface area contributed by atoms with Gasteiger partial charge in [-0.3, -0.25) is 9.36 Å². The number of piperidine rings is 1. The van der Waals surface area contributed by atoms with Crippen molar-refractivity contribution in [3.63, 3.8) is 0 Å². The Labute approximate surface area is 146 Å². The number of benzene rings is 1. The molecule has 2 aliphatic rings. The lowest BCUT2D eigenvalue weighted by Crippen LogP contribution is -2.39. The zero-order chi connectivity index (χ0) is 16.0. The van der Waals surface area contributed by atoms with Crippen molar-refractivity contribution in [3.8, 4) is 0 Å². The summed E-state index contributed by atoms with van der Waals surface area (Å²) in [6.07, 6.45) is 5.23. The third-order valence-corrected chi connectivity index (χ3v) is 5.12. The average molecular weight is 352 g/mol. The van der Waals surface area contributed by atoms with Crippen LogP contribution in [0.3, 0.4) is 0 Å². The molecule has 2 aliphatic heterocycles. The molecular formula is C17H22ClN3O3. The van der Waals surface area contributed by atoms with Crippen LogP contribution in [0.5, 0.6) is 0 Å². The summed E-state index contributed by atoms with van der Waals surface area (Å²) in [6.45, 7) is 0. The van der Waals surface area contributed by atoms with Crippen LogP contribution < -0.4 is 16.4 Å². The molecule has 0 aliphatic carbocycles. The maximum Gasteiger partial charge on any atom is 0.419 e. The summed E-state index contributed by atoms with van der Waals surface area (Å²) in [5.74, 6) is 0.106. The second-order valence-corrected chi connectivity index (χ2v) is 6.84. The summed E-state index contributed by atoms with van der Waals surface area (Å²) >= 11 is 0. The Hall–Kier alpha value is -1.79. The standard InChI is InChI=1S/C17H21N3O3.ClH/c1-20-14-5-4-13(9-15(14)23-17(20)22)19-16(21)8-10-6-11-2-3-12(7-10)18-11;/h4-5,9-12,18H,2-3,6-8H2,1H3,(H,19,21);1H. The normalized spacial score (nSPS) is 25.5. The highest BCUT2D eigenvalue weighted by atomic mass is 35.5. The van der Waals surface area contributed by atoms with E-state index in [9.17, 15) is 9.59 Å². The number of amides is 1. The van der Waals surface area contributed by atoms with Crippen LogP contribution >= 0.6 is 12.4 Å². The van der Waals surface area contributed by atoms with E-state index in [0.717, 1.165) is 18.4 Å². The van der Waals surface area contributed by atoms with Gasteiger partial charge in [-0.05, 0) is 43.7 Å². The average Bonchev–Trinajstić information content (AvgIpc) is 2.98. The number of carbonyl (C=O) groups excluding carboxylic acids is 1. The van der Waals surface area contributed by atoms with Crippen molar-refractivity contribution in [2.75, 3.05) is 5.32 Å². The first kappa shape index (κ1) is 17.0. The number of hydrogen-bond donors (Lipinski definition) is 2. The first-order valence-electron chi connectivity index (χ1n) is 8.24. The summed E-state index contributed by atoms with van der Waals surface area (Å²) in [5.41, 5.74) is 1.90. The van der Waals surface area contributed by atoms with E-state index in [2.05, 4.69) is 10.6 Å². The topological polar surface area (TPSA) is 76.3 Å². The van der Waals surface area contributed by atoms with Crippen molar-refractivity contribution in [3.05, 3.63) is 28.7 Å². The Morgan fingerprint density at radius 2 is 2.04 bits per heavy atom. The Bertz CT molecular complexity index is 801. The fraction of sp³-hybridized carbons (Fsp3) is 0.529. The van der Waals surface area contributed by atoms with Gasteiger partial charge in [-0.1, -0.05) is 0 Å². The Morgan fingerprint density at radius 1 is 1.33 bits per heavy atom. The predicted molar refractivity (Wildman–Crippen MR) is 94.6 cm³/mol. The van der Waals surface area contributed by atoms with Gasteiger partial charge in [0.1, 0.15) is 0 Å². The molecule has 2 fully saturated rings. The second kappa shape index (κ2) is 6.61. The first-order valence-corrected chi connectivity index (χ1v) is 8.24. The lowest BCUT2D eigenvalue weighted by molar-refractivity contribution is -0.117. The highest BCUT2D eigenvalue weighted by Crippen LogP contribution is 2.32. The summed E-state index contributed by atoms with van der Waals surface area (Å²) < 4.78 is 6.61. The van der Waals surface area contributed by atoms with Gasteiger partial charge in [0.05, 0.1) is 5.52 Å². The number of hydrogen-bond acceptors (Lipinski definition) is 4. The molecule has 2 saturated heterocycles. The highest BCUT2D eigenvalue weighted by molar-refractivity contribution is 5.92. The molecule has 2 bridgehead atoms. The number of rotatable bonds is 3. The van der Waals surface area contributed by atoms with Gasteiger partial charge in [0.15, 0.2) is 5.58 Å². The van der Waals surface area contributed by atoms with Crippen molar-refractivity contribution in [2.45, 2.75) is 44.2 Å². The van der Waals surface area contributed by atoms with Gasteiger partial charge < -0.3 is 15.1 Å². The summed E-state index contributed by atoms with van der Waals surface area (Å²) in [6, 6.07) is 6.51. The van der Waals surface area contributed by atoms with Crippen LogP contribution in [-0.4, -0.2) is 22.6 Å². The maximum atomic E-state index is 12.3. The monoisotopic (exact) mass is 351 g/mol. The minimum absolute atomic E-state index is 0. The molecule has 6 nitrogen and oxygen atoms in total. The van der Waals surface area contributed by atoms with Crippen molar-refractivity contribution >= 4 is 35.1 Å². The van der Waals surface area contributed by atoms with E-state index in [1.807, 2.05) is 0 Å². The van der Waals surface area contributed by atoms with Crippen LogP contribution in [0.2, 0.25) is 0 Å². The number of nitrogens with zero attached hydrogens (tertiary/aromatic N) is 1. The fourth-order valence-corrected chi connectivity index (χ4v) is 4.03. The maximum absolute atomic E-state index is 12.3. The van der Waals surface area contributed by atoms with Crippen LogP contribution in [0.15, 0.2) is 27.4 Å². The third-order valence-electron chi connectivity index (χ3n) is 5.12. The van der Waals surface area contributed by atoms with E-state index < -0.39 is 5.76 Å². The quantitative estimate of drug-likeness (QED) is 0.890. The number of aryl methyl sites for hydroxylation is 1. The number of nitrogens with one attached hydrogen (secondary N) is 2. The molecular weight excluding hydrogens is 330 g/mol. The van der Waals surface area contributed by atoms with Crippen LogP contribution in [-0.2, 0) is 11.8 Å². The molecule has 7 heteroatoms. The molecule has 1 aromatic carbocycles. The SMILES string of the molecule is Cl.Cn1c(=O)oc2cc(NC(=O)CC3CC4CCC(C3)N4)ccc21. The molecule has 2 N–H and O–H groups in total. The fourth-order valence-electron chi connectivity index (χ4n) is 4.03. The lowest BCUT2D eigenvalue weighted by atomic mass is 9.89. The van der Waals surface area contributed by atoms with E-state index in [1.54, 1.807) is 25.2 Å². The molecule has 0 saturated carbocycles. The molecule has 0 spiro atoms. The van der Waals surface area contributed by atoms with E-state index in [1.165, 1.54) is 17.4 Å². The largest absolute Gasteiger partial charge is 0.419 e. The number of fused-ring (bicyclic) bond motifs is 3. The van der Waals surface area contributed by atoms with Crippen molar-refractivity contribution in [1.29, 1.82) is 0 Å². The molecule has 3 heterocycles. The Morgan fingerprint density at radius 3 is 2.75 bits per heavy atom. The molecule has 1 amide bonds. The molecule has 130 valence electrons. The molecule has 2 unspecified atom stereocenters. The van der Waals surface area contributed by atoms with Crippen LogP contribution in [0, 0.1) is 5.92 Å². The third kappa shape index (κ3) is 3.21. The molecule has 4 rings (SSSR count). The zero-order valence-corrected chi connectivity index (χ0v) is 14.4. The number of halogens is 1. The van der Waals surface area contributed by atoms with Gasteiger partial charge in [0.2, 0.25) is 5.91 Å². The minimum atomic E-state index is -0.395. The van der Waals surface area contributed by atoms with E-state index in [4.69, 9.17) is 4.42 Å². The Kier molecular flexibility index (Phi) is 4.69. The molecule has 0 radical (unpaired) electrons.